The summed E-state index contributed by atoms with van der Waals surface area (Å²) >= 11 is 0. The molecular formula is C19H32N6O8. The lowest BCUT2D eigenvalue weighted by Gasteiger charge is -2.29. The van der Waals surface area contributed by atoms with Gasteiger partial charge in [0.25, 0.3) is 0 Å². The minimum atomic E-state index is -1.38. The highest BCUT2D eigenvalue weighted by atomic mass is 16.4. The Labute approximate surface area is 190 Å². The van der Waals surface area contributed by atoms with Gasteiger partial charge in [-0.2, -0.15) is 0 Å². The second-order valence-electron chi connectivity index (χ2n) is 7.84. The lowest BCUT2D eigenvalue weighted by atomic mass is 10.1. The van der Waals surface area contributed by atoms with Gasteiger partial charge in [0.15, 0.2) is 0 Å². The lowest BCUT2D eigenvalue weighted by Crippen LogP contribution is -2.58. The van der Waals surface area contributed by atoms with Crippen LogP contribution < -0.4 is 27.4 Å². The molecule has 1 saturated heterocycles. The molecule has 5 atom stereocenters. The van der Waals surface area contributed by atoms with E-state index in [9.17, 15) is 33.9 Å². The Morgan fingerprint density at radius 1 is 1.03 bits per heavy atom. The van der Waals surface area contributed by atoms with Gasteiger partial charge in [0.1, 0.15) is 24.2 Å². The highest BCUT2D eigenvalue weighted by Crippen LogP contribution is 2.19. The fourth-order valence-corrected chi connectivity index (χ4v) is 3.16. The van der Waals surface area contributed by atoms with E-state index in [1.165, 1.54) is 18.7 Å². The van der Waals surface area contributed by atoms with E-state index in [1.54, 1.807) is 0 Å². The zero-order valence-corrected chi connectivity index (χ0v) is 18.6. The molecule has 1 aliphatic rings. The summed E-state index contributed by atoms with van der Waals surface area (Å²) in [6, 6.07) is -5.48. The van der Waals surface area contributed by atoms with Crippen LogP contribution in [-0.2, 0) is 28.8 Å². The third kappa shape index (κ3) is 8.31. The predicted molar refractivity (Wildman–Crippen MR) is 113 cm³/mol. The lowest BCUT2D eigenvalue weighted by molar-refractivity contribution is -0.143. The summed E-state index contributed by atoms with van der Waals surface area (Å²) in [7, 11) is 0. The van der Waals surface area contributed by atoms with Crippen LogP contribution in [0.5, 0.6) is 0 Å². The molecular weight excluding hydrogens is 440 g/mol. The number of likely N-dealkylation sites (tertiary alicyclic amines) is 1. The maximum absolute atomic E-state index is 12.9. The zero-order chi connectivity index (χ0) is 25.3. The first kappa shape index (κ1) is 27.8. The van der Waals surface area contributed by atoms with Crippen LogP contribution in [0, 0.1) is 0 Å². The number of carbonyl (C=O) groups excluding carboxylic acids is 5. The van der Waals surface area contributed by atoms with Crippen molar-refractivity contribution in [2.75, 3.05) is 13.2 Å². The van der Waals surface area contributed by atoms with E-state index in [0.717, 1.165) is 0 Å². The minimum Gasteiger partial charge on any atom is -0.481 e. The molecule has 14 nitrogen and oxygen atoms in total. The van der Waals surface area contributed by atoms with E-state index in [4.69, 9.17) is 16.6 Å². The molecule has 0 aromatic rings. The van der Waals surface area contributed by atoms with E-state index in [1.807, 2.05) is 0 Å². The Morgan fingerprint density at radius 3 is 2.21 bits per heavy atom. The molecule has 0 aromatic carbocycles. The van der Waals surface area contributed by atoms with E-state index in [-0.39, 0.29) is 19.4 Å². The number of amides is 5. The molecule has 0 spiro atoms. The first-order chi connectivity index (χ1) is 15.4. The molecule has 14 heteroatoms. The maximum atomic E-state index is 12.9. The average molecular weight is 472 g/mol. The molecule has 1 rings (SSSR count). The quantitative estimate of drug-likeness (QED) is 0.147. The van der Waals surface area contributed by atoms with Crippen molar-refractivity contribution in [3.63, 3.8) is 0 Å². The summed E-state index contributed by atoms with van der Waals surface area (Å²) in [4.78, 5) is 72.7. The third-order valence-corrected chi connectivity index (χ3v) is 5.18. The molecule has 1 fully saturated rings. The Hall–Kier alpha value is -3.26. The van der Waals surface area contributed by atoms with Gasteiger partial charge >= 0.3 is 5.97 Å². The van der Waals surface area contributed by atoms with Gasteiger partial charge in [-0.25, -0.2) is 0 Å². The van der Waals surface area contributed by atoms with Crippen LogP contribution >= 0.6 is 0 Å². The van der Waals surface area contributed by atoms with Crippen molar-refractivity contribution < 1.29 is 39.0 Å². The molecule has 1 heterocycles. The van der Waals surface area contributed by atoms with Crippen molar-refractivity contribution in [3.8, 4) is 0 Å². The number of aliphatic hydroxyl groups excluding tert-OH is 1. The van der Waals surface area contributed by atoms with Crippen molar-refractivity contribution in [1.29, 1.82) is 0 Å². The number of aliphatic carboxylic acids is 1. The minimum absolute atomic E-state index is 0.125. The van der Waals surface area contributed by atoms with Crippen LogP contribution in [0.3, 0.4) is 0 Å². The molecule has 5 amide bonds. The Bertz CT molecular complexity index is 775. The summed E-state index contributed by atoms with van der Waals surface area (Å²) in [5.41, 5.74) is 10.7. The van der Waals surface area contributed by atoms with Gasteiger partial charge in [0, 0.05) is 13.0 Å². The number of rotatable bonds is 12. The van der Waals surface area contributed by atoms with E-state index in [0.29, 0.717) is 12.8 Å². The van der Waals surface area contributed by atoms with Crippen LogP contribution in [0.2, 0.25) is 0 Å². The van der Waals surface area contributed by atoms with Crippen molar-refractivity contribution in [1.82, 2.24) is 20.9 Å². The number of aliphatic hydroxyl groups is 1. The Morgan fingerprint density at radius 2 is 1.67 bits per heavy atom. The normalized spacial score (nSPS) is 19.0. The molecule has 0 aromatic heterocycles. The summed E-state index contributed by atoms with van der Waals surface area (Å²) in [5, 5.41) is 25.3. The van der Waals surface area contributed by atoms with Gasteiger partial charge in [0.2, 0.25) is 29.5 Å². The van der Waals surface area contributed by atoms with Crippen molar-refractivity contribution in [2.45, 2.75) is 69.7 Å². The summed E-state index contributed by atoms with van der Waals surface area (Å²) in [5.74, 6) is -4.67. The zero-order valence-electron chi connectivity index (χ0n) is 18.6. The number of nitrogens with zero attached hydrogens (tertiary/aromatic N) is 1. The largest absolute Gasteiger partial charge is 0.481 e. The van der Waals surface area contributed by atoms with Crippen LogP contribution in [0.25, 0.3) is 0 Å². The Balaban J connectivity index is 2.72. The average Bonchev–Trinajstić information content (AvgIpc) is 3.24. The molecule has 0 radical (unpaired) electrons. The van der Waals surface area contributed by atoms with Gasteiger partial charge in [-0.05, 0) is 33.1 Å². The first-order valence-electron chi connectivity index (χ1n) is 10.5. The van der Waals surface area contributed by atoms with Crippen molar-refractivity contribution in [3.05, 3.63) is 0 Å². The molecule has 0 aliphatic carbocycles. The highest BCUT2D eigenvalue weighted by Gasteiger charge is 2.38. The summed E-state index contributed by atoms with van der Waals surface area (Å²) < 4.78 is 0. The number of nitrogens with two attached hydrogens (primary N) is 2. The number of carboxylic acid groups (broad SMARTS) is 1. The van der Waals surface area contributed by atoms with Crippen LogP contribution in [-0.4, -0.2) is 94.0 Å². The topological polar surface area (TPSA) is 234 Å². The monoisotopic (exact) mass is 472 g/mol. The third-order valence-electron chi connectivity index (χ3n) is 5.18. The standard InChI is InChI=1S/C19H32N6O8/c1-9(15(21)29)22-18(32)13-4-3-7-25(13)19(33)12(8-26)24-16(30)10(2)23-17(31)11(20)5-6-14(27)28/h9-13,26H,3-8,20H2,1-2H3,(H2,21,29)(H,22,32)(H,23,31)(H,24,30)(H,27,28)/t9-,10-,11-,12-,13-/m0/s1. The highest BCUT2D eigenvalue weighted by molar-refractivity contribution is 5.96. The number of carboxylic acids is 1. The Kier molecular flexibility index (Phi) is 10.7. The molecule has 33 heavy (non-hydrogen) atoms. The van der Waals surface area contributed by atoms with E-state index >= 15 is 0 Å². The fraction of sp³-hybridized carbons (Fsp3) is 0.684. The van der Waals surface area contributed by atoms with Gasteiger partial charge in [-0.1, -0.05) is 0 Å². The number of carbonyl (C=O) groups is 6. The predicted octanol–water partition coefficient (Wildman–Crippen LogP) is -3.86. The summed E-state index contributed by atoms with van der Waals surface area (Å²) in [6.07, 6.45) is 0.385. The SMILES string of the molecule is C[C@H](NC(=O)[C@@H]1CCCN1C(=O)[C@H](CO)NC(=O)[C@H](C)NC(=O)[C@@H](N)CCC(=O)O)C(N)=O. The van der Waals surface area contributed by atoms with E-state index < -0.39 is 72.3 Å². The van der Waals surface area contributed by atoms with Crippen LogP contribution in [0.4, 0.5) is 0 Å². The molecule has 0 unspecified atom stereocenters. The van der Waals surface area contributed by atoms with Gasteiger partial charge in [-0.3, -0.25) is 28.8 Å². The molecule has 1 aliphatic heterocycles. The number of primary amides is 1. The van der Waals surface area contributed by atoms with Crippen LogP contribution in [0.1, 0.15) is 39.5 Å². The number of hydrogen-bond donors (Lipinski definition) is 7. The second kappa shape index (κ2) is 12.7. The smallest absolute Gasteiger partial charge is 0.303 e. The fourth-order valence-electron chi connectivity index (χ4n) is 3.16. The number of nitrogens with one attached hydrogen (secondary N) is 3. The first-order valence-corrected chi connectivity index (χ1v) is 10.5. The van der Waals surface area contributed by atoms with Crippen molar-refractivity contribution in [2.24, 2.45) is 11.5 Å². The second-order valence-corrected chi connectivity index (χ2v) is 7.84. The maximum Gasteiger partial charge on any atom is 0.303 e. The van der Waals surface area contributed by atoms with E-state index in [2.05, 4.69) is 16.0 Å². The molecule has 9 N–H and O–H groups in total. The molecule has 0 saturated carbocycles. The summed E-state index contributed by atoms with van der Waals surface area (Å²) in [6.45, 7) is 2.18. The van der Waals surface area contributed by atoms with Crippen molar-refractivity contribution >= 4 is 35.5 Å². The van der Waals surface area contributed by atoms with Gasteiger partial charge < -0.3 is 42.5 Å². The molecule has 186 valence electrons. The van der Waals surface area contributed by atoms with Gasteiger partial charge in [0.05, 0.1) is 12.6 Å². The molecule has 0 bridgehead atoms. The van der Waals surface area contributed by atoms with Crippen LogP contribution in [0.15, 0.2) is 0 Å². The number of hydrogen-bond acceptors (Lipinski definition) is 8. The van der Waals surface area contributed by atoms with Gasteiger partial charge in [-0.15, -0.1) is 0 Å².